The highest BCUT2D eigenvalue weighted by Crippen LogP contribution is 2.44. The van der Waals surface area contributed by atoms with Crippen LogP contribution in [0.2, 0.25) is 0 Å². The predicted octanol–water partition coefficient (Wildman–Crippen LogP) is 3.96. The van der Waals surface area contributed by atoms with Gasteiger partial charge in [0, 0.05) is 47.7 Å². The first-order chi connectivity index (χ1) is 23.7. The van der Waals surface area contributed by atoms with E-state index < -0.39 is 42.6 Å². The molecule has 0 bridgehead atoms. The number of ether oxygens (including phenoxy) is 4. The molecule has 4 aromatic rings. The summed E-state index contributed by atoms with van der Waals surface area (Å²) >= 11 is 0. The molecule has 0 aliphatic carbocycles. The molecule has 2 fully saturated rings. The first-order valence-electron chi connectivity index (χ1n) is 16.1. The van der Waals surface area contributed by atoms with Crippen LogP contribution in [0.25, 0.3) is 27.7 Å². The lowest BCUT2D eigenvalue weighted by molar-refractivity contribution is -0.279. The lowest BCUT2D eigenvalue weighted by Gasteiger charge is -2.38. The molecule has 12 heteroatoms. The smallest absolute Gasteiger partial charge is 0.340 e. The van der Waals surface area contributed by atoms with Crippen molar-refractivity contribution in [3.05, 3.63) is 102 Å². The summed E-state index contributed by atoms with van der Waals surface area (Å²) in [7, 11) is 0. The maximum absolute atomic E-state index is 14.1. The Morgan fingerprint density at radius 1 is 1.00 bits per heavy atom. The third-order valence-electron chi connectivity index (χ3n) is 9.23. The van der Waals surface area contributed by atoms with Gasteiger partial charge in [-0.25, -0.2) is 14.0 Å². The number of hydrogen-bond donors (Lipinski definition) is 3. The summed E-state index contributed by atoms with van der Waals surface area (Å²) in [5.74, 6) is -2.09. The fourth-order valence-corrected chi connectivity index (χ4v) is 6.75. The van der Waals surface area contributed by atoms with E-state index in [1.54, 1.807) is 36.4 Å². The van der Waals surface area contributed by atoms with Gasteiger partial charge < -0.3 is 38.8 Å². The average molecular weight is 671 g/mol. The van der Waals surface area contributed by atoms with Crippen LogP contribution in [0.4, 0.5) is 4.39 Å². The molecule has 0 radical (unpaired) electrons. The fraction of sp³-hybridized carbons (Fsp3) is 0.324. The second-order valence-electron chi connectivity index (χ2n) is 12.3. The van der Waals surface area contributed by atoms with Crippen LogP contribution >= 0.6 is 0 Å². The molecule has 49 heavy (non-hydrogen) atoms. The number of fused-ring (bicyclic) bond motifs is 2. The number of halogens is 1. The molecule has 2 saturated heterocycles. The van der Waals surface area contributed by atoms with Crippen molar-refractivity contribution in [3.63, 3.8) is 0 Å². The summed E-state index contributed by atoms with van der Waals surface area (Å²) in [6.45, 7) is 5.06. The van der Waals surface area contributed by atoms with Gasteiger partial charge in [0.05, 0.1) is 17.6 Å². The molecule has 0 amide bonds. The number of aliphatic hydroxyl groups is 3. The third kappa shape index (κ3) is 6.18. The summed E-state index contributed by atoms with van der Waals surface area (Å²) in [6, 6.07) is 17.5. The molecular formula is C37H35FN2O9. The van der Waals surface area contributed by atoms with E-state index in [1.165, 1.54) is 18.2 Å². The number of aliphatic hydroxyl groups excluding tert-OH is 3. The maximum Gasteiger partial charge on any atom is 0.340 e. The standard InChI is InChI=1S/C37H35FN2O9/c1-2-13-47-36(45)34-32(42)31(41)33(43)37(48-34)49-35(44)22-5-3-20(4-6-22)29-27-16-23-18-39-19-24(23)17-28(27)40(26-9-7-25(38)8-10-26)30(29)21-11-14-46-15-12-21/h2-10,16-17,19,21,31-34,37,41-43H,1,11-15,18H2/t31-,32-,33+,34-,37?/m0/s1. The highest BCUT2D eigenvalue weighted by molar-refractivity contribution is 6.03. The minimum Gasteiger partial charge on any atom is -0.459 e. The summed E-state index contributed by atoms with van der Waals surface area (Å²) in [5, 5.41) is 32.1. The molecule has 5 atom stereocenters. The Morgan fingerprint density at radius 2 is 1.73 bits per heavy atom. The van der Waals surface area contributed by atoms with Crippen molar-refractivity contribution in [2.75, 3.05) is 19.8 Å². The summed E-state index contributed by atoms with van der Waals surface area (Å²) in [6.07, 6.45) is -4.17. The zero-order valence-electron chi connectivity index (χ0n) is 26.4. The number of carbonyl (C=O) groups excluding carboxylic acids is 2. The highest BCUT2D eigenvalue weighted by atomic mass is 19.1. The minimum atomic E-state index is -1.84. The SMILES string of the molecule is C=CCOC(=O)[C@H]1OC(OC(=O)c2ccc(-c3c(C4CCOCC4)n(-c4ccc(F)cc4)c4cc5c(cc34)CN=C5)cc2)[C@H](O)[C@@H](O)[C@@H]1O. The van der Waals surface area contributed by atoms with Crippen molar-refractivity contribution in [1.82, 2.24) is 4.57 Å². The largest absolute Gasteiger partial charge is 0.459 e. The average Bonchev–Trinajstić information content (AvgIpc) is 3.72. The van der Waals surface area contributed by atoms with E-state index in [0.717, 1.165) is 57.4 Å². The Balaban J connectivity index is 1.25. The quantitative estimate of drug-likeness (QED) is 0.187. The van der Waals surface area contributed by atoms with Gasteiger partial charge in [-0.05, 0) is 78.1 Å². The molecule has 7 rings (SSSR count). The van der Waals surface area contributed by atoms with Crippen LogP contribution in [0.3, 0.4) is 0 Å². The second kappa shape index (κ2) is 13.7. The van der Waals surface area contributed by atoms with Gasteiger partial charge in [-0.2, -0.15) is 0 Å². The van der Waals surface area contributed by atoms with Gasteiger partial charge in [0.1, 0.15) is 30.7 Å². The Kier molecular flexibility index (Phi) is 9.14. The van der Waals surface area contributed by atoms with Crippen molar-refractivity contribution >= 4 is 29.1 Å². The van der Waals surface area contributed by atoms with Crippen LogP contribution < -0.4 is 0 Å². The van der Waals surface area contributed by atoms with E-state index in [2.05, 4.69) is 28.3 Å². The van der Waals surface area contributed by atoms with Gasteiger partial charge in [-0.3, -0.25) is 4.99 Å². The number of aliphatic imine (C=N–C) groups is 1. The van der Waals surface area contributed by atoms with Gasteiger partial charge >= 0.3 is 11.9 Å². The molecule has 3 N–H and O–H groups in total. The van der Waals surface area contributed by atoms with Gasteiger partial charge in [0.15, 0.2) is 6.10 Å². The van der Waals surface area contributed by atoms with Crippen LogP contribution in [0, 0.1) is 5.82 Å². The summed E-state index contributed by atoms with van der Waals surface area (Å²) < 4.78 is 37.7. The molecule has 11 nitrogen and oxygen atoms in total. The number of carbonyl (C=O) groups is 2. The number of hydrogen-bond acceptors (Lipinski definition) is 10. The minimum absolute atomic E-state index is 0.120. The Labute approximate surface area is 280 Å². The van der Waals surface area contributed by atoms with Crippen LogP contribution in [0.15, 0.2) is 78.3 Å². The lowest BCUT2D eigenvalue weighted by atomic mass is 9.89. The maximum atomic E-state index is 14.1. The molecule has 254 valence electrons. The number of benzene rings is 3. The highest BCUT2D eigenvalue weighted by Gasteiger charge is 2.49. The van der Waals surface area contributed by atoms with E-state index >= 15 is 0 Å². The monoisotopic (exact) mass is 670 g/mol. The molecule has 3 aliphatic rings. The Bertz CT molecular complexity index is 1920. The third-order valence-corrected chi connectivity index (χ3v) is 9.23. The first kappa shape index (κ1) is 32.8. The first-order valence-corrected chi connectivity index (χ1v) is 16.1. The number of esters is 2. The van der Waals surface area contributed by atoms with Crippen molar-refractivity contribution < 1.29 is 48.2 Å². The van der Waals surface area contributed by atoms with E-state index in [4.69, 9.17) is 18.9 Å². The van der Waals surface area contributed by atoms with E-state index in [9.17, 15) is 29.3 Å². The molecule has 1 unspecified atom stereocenters. The lowest BCUT2D eigenvalue weighted by Crippen LogP contribution is -2.60. The molecule has 1 aromatic heterocycles. The Morgan fingerprint density at radius 3 is 2.45 bits per heavy atom. The molecule has 3 aliphatic heterocycles. The van der Waals surface area contributed by atoms with Crippen LogP contribution in [0.1, 0.15) is 45.9 Å². The van der Waals surface area contributed by atoms with Gasteiger partial charge in [0.2, 0.25) is 6.29 Å². The molecule has 4 heterocycles. The van der Waals surface area contributed by atoms with E-state index in [-0.39, 0.29) is 23.9 Å². The molecule has 0 saturated carbocycles. The molecular weight excluding hydrogens is 635 g/mol. The van der Waals surface area contributed by atoms with Gasteiger partial charge in [0.25, 0.3) is 0 Å². The van der Waals surface area contributed by atoms with Crippen molar-refractivity contribution in [2.24, 2.45) is 4.99 Å². The van der Waals surface area contributed by atoms with Gasteiger partial charge in [-0.15, -0.1) is 0 Å². The zero-order chi connectivity index (χ0) is 34.2. The van der Waals surface area contributed by atoms with Gasteiger partial charge in [-0.1, -0.05) is 24.8 Å². The topological polar surface area (TPSA) is 149 Å². The number of rotatable bonds is 8. The van der Waals surface area contributed by atoms with Crippen LogP contribution in [0.5, 0.6) is 0 Å². The van der Waals surface area contributed by atoms with Crippen LogP contribution in [-0.2, 0) is 30.3 Å². The van der Waals surface area contributed by atoms with Crippen LogP contribution in [-0.4, -0.2) is 88.6 Å². The van der Waals surface area contributed by atoms with Crippen molar-refractivity contribution in [3.8, 4) is 16.8 Å². The summed E-state index contributed by atoms with van der Waals surface area (Å²) in [5.41, 5.74) is 6.87. The van der Waals surface area contributed by atoms with Crippen molar-refractivity contribution in [1.29, 1.82) is 0 Å². The Hall–Kier alpha value is -4.72. The number of nitrogens with zero attached hydrogens (tertiary/aromatic N) is 2. The molecule has 3 aromatic carbocycles. The fourth-order valence-electron chi connectivity index (χ4n) is 6.75. The number of aromatic nitrogens is 1. The van der Waals surface area contributed by atoms with Crippen molar-refractivity contribution in [2.45, 2.75) is 56.0 Å². The normalized spacial score (nSPS) is 23.7. The van der Waals surface area contributed by atoms with E-state index in [1.807, 2.05) is 6.21 Å². The predicted molar refractivity (Wildman–Crippen MR) is 176 cm³/mol. The summed E-state index contributed by atoms with van der Waals surface area (Å²) in [4.78, 5) is 30.1. The van der Waals surface area contributed by atoms with E-state index in [0.29, 0.717) is 19.8 Å². The zero-order valence-corrected chi connectivity index (χ0v) is 26.4. The molecule has 0 spiro atoms. The second-order valence-corrected chi connectivity index (χ2v) is 12.3.